The van der Waals surface area contributed by atoms with Gasteiger partial charge in [-0.1, -0.05) is 11.6 Å². The summed E-state index contributed by atoms with van der Waals surface area (Å²) in [5, 5.41) is 2.87. The first-order chi connectivity index (χ1) is 16.7. The van der Waals surface area contributed by atoms with E-state index in [1.54, 1.807) is 7.11 Å². The fourth-order valence-corrected chi connectivity index (χ4v) is 6.85. The standard InChI is InChI=1S/C26H41N3O6/c1-6-27-23(30)28-11-17-13-29(14-18(17)12-28)24(31)34-19-9-10-26(15-33-26)22(21(19)32-5)25(4)20(35-25)8-7-16(2)3/h7,17-22H,6,8-15H2,1-5H3,(H,27,30)/t17-,18+,19-,20-,21-,22?,25+,26+/m1/s1. The van der Waals surface area contributed by atoms with E-state index in [-0.39, 0.29) is 47.6 Å². The van der Waals surface area contributed by atoms with Crippen LogP contribution in [0.15, 0.2) is 11.6 Å². The number of carbonyl (C=O) groups excluding carboxylic acids is 2. The molecule has 196 valence electrons. The second-order valence-electron chi connectivity index (χ2n) is 11.5. The van der Waals surface area contributed by atoms with Gasteiger partial charge < -0.3 is 34.1 Å². The highest BCUT2D eigenvalue weighted by Crippen LogP contribution is 2.59. The average molecular weight is 492 g/mol. The lowest BCUT2D eigenvalue weighted by Crippen LogP contribution is -2.56. The lowest BCUT2D eigenvalue weighted by atomic mass is 9.68. The van der Waals surface area contributed by atoms with Crippen molar-refractivity contribution in [3.8, 4) is 0 Å². The van der Waals surface area contributed by atoms with Gasteiger partial charge in [-0.3, -0.25) is 0 Å². The highest BCUT2D eigenvalue weighted by molar-refractivity contribution is 5.74. The van der Waals surface area contributed by atoms with Gasteiger partial charge in [0.25, 0.3) is 0 Å². The Morgan fingerprint density at radius 3 is 2.37 bits per heavy atom. The van der Waals surface area contributed by atoms with Crippen molar-refractivity contribution in [1.82, 2.24) is 15.1 Å². The van der Waals surface area contributed by atoms with Crippen LogP contribution in [0.25, 0.3) is 0 Å². The van der Waals surface area contributed by atoms with Crippen molar-refractivity contribution in [2.24, 2.45) is 17.8 Å². The molecule has 0 aromatic carbocycles. The number of amides is 3. The van der Waals surface area contributed by atoms with Crippen molar-refractivity contribution in [2.45, 2.75) is 76.5 Å². The first-order valence-corrected chi connectivity index (χ1v) is 13.2. The molecule has 5 aliphatic rings. The zero-order valence-corrected chi connectivity index (χ0v) is 21.7. The van der Waals surface area contributed by atoms with E-state index >= 15 is 0 Å². The van der Waals surface area contributed by atoms with Gasteiger partial charge in [0.2, 0.25) is 0 Å². The third-order valence-electron chi connectivity index (χ3n) is 8.85. The van der Waals surface area contributed by atoms with E-state index in [1.807, 2.05) is 16.7 Å². The topological polar surface area (TPSA) is 96.2 Å². The van der Waals surface area contributed by atoms with E-state index < -0.39 is 0 Å². The summed E-state index contributed by atoms with van der Waals surface area (Å²) in [4.78, 5) is 29.1. The molecule has 1 spiro atoms. The molecule has 1 saturated carbocycles. The smallest absolute Gasteiger partial charge is 0.410 e. The molecule has 4 heterocycles. The van der Waals surface area contributed by atoms with Gasteiger partial charge in [-0.15, -0.1) is 0 Å². The molecule has 5 fully saturated rings. The number of hydrogen-bond donors (Lipinski definition) is 1. The molecule has 4 saturated heterocycles. The maximum atomic E-state index is 13.2. The monoisotopic (exact) mass is 491 g/mol. The molecule has 0 aromatic rings. The van der Waals surface area contributed by atoms with Crippen molar-refractivity contribution < 1.29 is 28.5 Å². The Kier molecular flexibility index (Phi) is 6.55. The van der Waals surface area contributed by atoms with Gasteiger partial charge in [0, 0.05) is 51.7 Å². The summed E-state index contributed by atoms with van der Waals surface area (Å²) in [6.45, 7) is 12.3. The molecule has 0 aromatic heterocycles. The Labute approximate surface area is 208 Å². The Morgan fingerprint density at radius 2 is 1.80 bits per heavy atom. The first kappa shape index (κ1) is 24.8. The van der Waals surface area contributed by atoms with E-state index in [1.165, 1.54) is 5.57 Å². The normalized spacial score (nSPS) is 41.5. The molecule has 4 aliphatic heterocycles. The fraction of sp³-hybridized carbons (Fsp3) is 0.846. The van der Waals surface area contributed by atoms with Crippen LogP contribution in [0.5, 0.6) is 0 Å². The van der Waals surface area contributed by atoms with Crippen LogP contribution in [-0.4, -0.2) is 97.9 Å². The van der Waals surface area contributed by atoms with Crippen LogP contribution in [-0.2, 0) is 18.9 Å². The maximum absolute atomic E-state index is 13.2. The van der Waals surface area contributed by atoms with Crippen molar-refractivity contribution in [1.29, 1.82) is 0 Å². The van der Waals surface area contributed by atoms with E-state index in [2.05, 4.69) is 32.2 Å². The van der Waals surface area contributed by atoms with Gasteiger partial charge >= 0.3 is 12.1 Å². The van der Waals surface area contributed by atoms with Gasteiger partial charge in [-0.2, -0.15) is 0 Å². The van der Waals surface area contributed by atoms with Crippen LogP contribution >= 0.6 is 0 Å². The molecule has 1 aliphatic carbocycles. The summed E-state index contributed by atoms with van der Waals surface area (Å²) in [5.74, 6) is 0.631. The minimum Gasteiger partial charge on any atom is -0.443 e. The zero-order valence-electron chi connectivity index (χ0n) is 21.7. The summed E-state index contributed by atoms with van der Waals surface area (Å²) < 4.78 is 24.4. The SMILES string of the molecule is CCNC(=O)N1C[C@@H]2CN(C(=O)O[C@@H]3CC[C@]4(CO4)C([C@@]4(C)O[C@@H]4CC=C(C)C)[C@@H]3OC)C[C@@H]2C1. The molecular formula is C26H41N3O6. The number of nitrogens with one attached hydrogen (secondary N) is 1. The van der Waals surface area contributed by atoms with Crippen LogP contribution in [0.4, 0.5) is 9.59 Å². The first-order valence-electron chi connectivity index (χ1n) is 13.2. The third kappa shape index (κ3) is 4.55. The molecule has 5 rings (SSSR count). The predicted octanol–water partition coefficient (Wildman–Crippen LogP) is 2.79. The van der Waals surface area contributed by atoms with Gasteiger partial charge in [0.15, 0.2) is 0 Å². The van der Waals surface area contributed by atoms with Crippen molar-refractivity contribution >= 4 is 12.1 Å². The molecule has 35 heavy (non-hydrogen) atoms. The number of epoxide rings is 2. The van der Waals surface area contributed by atoms with E-state index in [0.717, 1.165) is 19.3 Å². The van der Waals surface area contributed by atoms with Crippen LogP contribution < -0.4 is 5.32 Å². The van der Waals surface area contributed by atoms with Gasteiger partial charge in [-0.25, -0.2) is 9.59 Å². The van der Waals surface area contributed by atoms with Crippen molar-refractivity contribution in [3.63, 3.8) is 0 Å². The molecule has 9 heteroatoms. The van der Waals surface area contributed by atoms with Crippen molar-refractivity contribution in [2.75, 3.05) is 46.4 Å². The molecule has 1 N–H and O–H groups in total. The lowest BCUT2D eigenvalue weighted by molar-refractivity contribution is -0.121. The summed E-state index contributed by atoms with van der Waals surface area (Å²) in [7, 11) is 1.70. The number of fused-ring (bicyclic) bond motifs is 1. The van der Waals surface area contributed by atoms with E-state index in [0.29, 0.717) is 51.2 Å². The number of rotatable bonds is 6. The van der Waals surface area contributed by atoms with Crippen LogP contribution in [0.2, 0.25) is 0 Å². The number of nitrogens with zero attached hydrogens (tertiary/aromatic N) is 2. The second kappa shape index (κ2) is 9.23. The quantitative estimate of drug-likeness (QED) is 0.453. The predicted molar refractivity (Wildman–Crippen MR) is 129 cm³/mol. The highest BCUT2D eigenvalue weighted by Gasteiger charge is 2.72. The van der Waals surface area contributed by atoms with E-state index in [9.17, 15) is 9.59 Å². The Morgan fingerprint density at radius 1 is 1.14 bits per heavy atom. The van der Waals surface area contributed by atoms with Crippen molar-refractivity contribution in [3.05, 3.63) is 11.6 Å². The van der Waals surface area contributed by atoms with Gasteiger partial charge in [-0.05, 0) is 47.0 Å². The molecule has 0 radical (unpaired) electrons. The van der Waals surface area contributed by atoms with Crippen LogP contribution in [0.1, 0.15) is 47.0 Å². The average Bonchev–Trinajstić information content (AvgIpc) is 3.61. The Balaban J connectivity index is 1.21. The molecule has 1 unspecified atom stereocenters. The largest absolute Gasteiger partial charge is 0.443 e. The highest BCUT2D eigenvalue weighted by atomic mass is 16.6. The third-order valence-corrected chi connectivity index (χ3v) is 8.85. The maximum Gasteiger partial charge on any atom is 0.410 e. The van der Waals surface area contributed by atoms with E-state index in [4.69, 9.17) is 18.9 Å². The number of ether oxygens (including phenoxy) is 4. The Hall–Kier alpha value is -1.84. The minimum atomic E-state index is -0.346. The summed E-state index contributed by atoms with van der Waals surface area (Å²) >= 11 is 0. The number of hydrogen-bond acceptors (Lipinski definition) is 6. The van der Waals surface area contributed by atoms with Gasteiger partial charge in [0.05, 0.1) is 18.6 Å². The second-order valence-corrected chi connectivity index (χ2v) is 11.5. The fourth-order valence-electron chi connectivity index (χ4n) is 6.85. The zero-order chi connectivity index (χ0) is 25.0. The van der Waals surface area contributed by atoms with Crippen LogP contribution in [0.3, 0.4) is 0 Å². The minimum absolute atomic E-state index is 0.0119. The van der Waals surface area contributed by atoms with Crippen LogP contribution in [0, 0.1) is 17.8 Å². The summed E-state index contributed by atoms with van der Waals surface area (Å²) in [6.07, 6.45) is 3.91. The number of likely N-dealkylation sites (tertiary alicyclic amines) is 2. The molecular weight excluding hydrogens is 450 g/mol. The van der Waals surface area contributed by atoms with Gasteiger partial charge in [0.1, 0.15) is 23.4 Å². The number of urea groups is 1. The number of methoxy groups -OCH3 is 1. The number of allylic oxidation sites excluding steroid dienone is 1. The summed E-state index contributed by atoms with van der Waals surface area (Å²) in [6, 6.07) is -0.0119. The summed E-state index contributed by atoms with van der Waals surface area (Å²) in [5.41, 5.74) is 0.704. The molecule has 8 atom stereocenters. The number of carbonyl (C=O) groups is 2. The molecule has 0 bridgehead atoms. The Bertz CT molecular complexity index is 857. The molecule has 9 nitrogen and oxygen atoms in total. The lowest BCUT2D eigenvalue weighted by Gasteiger charge is -2.43. The molecule has 3 amide bonds.